The third-order valence-electron chi connectivity index (χ3n) is 5.77. The Morgan fingerprint density at radius 1 is 0.900 bits per heavy atom. The average Bonchev–Trinajstić information content (AvgIpc) is 2.73. The van der Waals surface area contributed by atoms with Gasteiger partial charge in [0.2, 0.25) is 11.8 Å². The number of rotatable bonds is 17. The van der Waals surface area contributed by atoms with Crippen LogP contribution in [0.2, 0.25) is 0 Å². The monoisotopic (exact) mass is 424 g/mol. The number of nitrogens with one attached hydrogen (secondary N) is 1. The lowest BCUT2D eigenvalue weighted by molar-refractivity contribution is -0.152. The summed E-state index contributed by atoms with van der Waals surface area (Å²) in [5, 5.41) is 2.76. The van der Waals surface area contributed by atoms with Crippen LogP contribution in [0, 0.1) is 0 Å². The van der Waals surface area contributed by atoms with Gasteiger partial charge in [-0.25, -0.2) is 0 Å². The number of carbonyl (C=O) groups is 3. The third-order valence-corrected chi connectivity index (χ3v) is 5.77. The summed E-state index contributed by atoms with van der Waals surface area (Å²) in [6.07, 6.45) is 15.8. The van der Waals surface area contributed by atoms with Gasteiger partial charge in [-0.15, -0.1) is 0 Å². The molecule has 2 amide bonds. The molecular formula is C24H44N2O4. The summed E-state index contributed by atoms with van der Waals surface area (Å²) < 4.78 is 5.18. The Kier molecular flexibility index (Phi) is 15.1. The van der Waals surface area contributed by atoms with Crippen molar-refractivity contribution in [2.24, 2.45) is 0 Å². The zero-order chi connectivity index (χ0) is 22.0. The molecule has 1 rings (SSSR count). The molecule has 1 saturated heterocycles. The first-order valence-electron chi connectivity index (χ1n) is 12.3. The summed E-state index contributed by atoms with van der Waals surface area (Å²) in [4.78, 5) is 38.5. The number of unbranched alkanes of at least 4 members (excludes halogenated alkanes) is 11. The lowest BCUT2D eigenvalue weighted by Crippen LogP contribution is -2.57. The Hall–Kier alpha value is -1.59. The largest absolute Gasteiger partial charge is 0.466 e. The summed E-state index contributed by atoms with van der Waals surface area (Å²) in [5.41, 5.74) is 0. The summed E-state index contributed by atoms with van der Waals surface area (Å²) in [7, 11) is 0. The molecular weight excluding hydrogens is 380 g/mol. The van der Waals surface area contributed by atoms with E-state index in [0.29, 0.717) is 26.1 Å². The number of esters is 1. The highest BCUT2D eigenvalue weighted by atomic mass is 16.5. The molecule has 0 aromatic carbocycles. The van der Waals surface area contributed by atoms with Crippen molar-refractivity contribution >= 4 is 17.8 Å². The van der Waals surface area contributed by atoms with E-state index in [-0.39, 0.29) is 18.2 Å². The zero-order valence-corrected chi connectivity index (χ0v) is 19.4. The van der Waals surface area contributed by atoms with Crippen LogP contribution in [0.25, 0.3) is 0 Å². The zero-order valence-electron chi connectivity index (χ0n) is 19.4. The van der Waals surface area contributed by atoms with Gasteiger partial charge in [0, 0.05) is 19.5 Å². The van der Waals surface area contributed by atoms with Crippen LogP contribution in [-0.2, 0) is 19.1 Å². The molecule has 1 heterocycles. The van der Waals surface area contributed by atoms with Crippen LogP contribution in [0.4, 0.5) is 0 Å². The van der Waals surface area contributed by atoms with Gasteiger partial charge < -0.3 is 15.0 Å². The number of hydrogen-bond acceptors (Lipinski definition) is 4. The van der Waals surface area contributed by atoms with Crippen LogP contribution in [0.1, 0.15) is 110 Å². The third kappa shape index (κ3) is 11.6. The van der Waals surface area contributed by atoms with Crippen molar-refractivity contribution in [1.82, 2.24) is 10.2 Å². The topological polar surface area (TPSA) is 75.7 Å². The van der Waals surface area contributed by atoms with Crippen molar-refractivity contribution in [3.8, 4) is 0 Å². The molecule has 30 heavy (non-hydrogen) atoms. The van der Waals surface area contributed by atoms with E-state index in [1.54, 1.807) is 4.90 Å². The fourth-order valence-electron chi connectivity index (χ4n) is 3.85. The molecule has 1 N–H and O–H groups in total. The molecule has 0 saturated carbocycles. The lowest BCUT2D eigenvalue weighted by atomic mass is 10.0. The van der Waals surface area contributed by atoms with E-state index < -0.39 is 12.0 Å². The fraction of sp³-hybridized carbons (Fsp3) is 0.875. The first-order chi connectivity index (χ1) is 14.6. The molecule has 0 aliphatic carbocycles. The maximum atomic E-state index is 12.7. The minimum atomic E-state index is -0.729. The molecule has 0 aromatic rings. The molecule has 1 aliphatic heterocycles. The second kappa shape index (κ2) is 17.1. The van der Waals surface area contributed by atoms with Crippen molar-refractivity contribution in [3.05, 3.63) is 0 Å². The summed E-state index contributed by atoms with van der Waals surface area (Å²) in [6.45, 7) is 5.56. The summed E-state index contributed by atoms with van der Waals surface area (Å²) >= 11 is 0. The molecule has 0 bridgehead atoms. The molecule has 6 nitrogen and oxygen atoms in total. The second-order valence-corrected chi connectivity index (χ2v) is 8.46. The van der Waals surface area contributed by atoms with Crippen LogP contribution < -0.4 is 5.32 Å². The Balaban J connectivity index is 2.21. The second-order valence-electron chi connectivity index (χ2n) is 8.46. The van der Waals surface area contributed by atoms with Crippen molar-refractivity contribution in [2.45, 2.75) is 116 Å². The molecule has 0 spiro atoms. The molecule has 0 radical (unpaired) electrons. The van der Waals surface area contributed by atoms with E-state index in [1.807, 2.05) is 6.92 Å². The minimum Gasteiger partial charge on any atom is -0.466 e. The highest BCUT2D eigenvalue weighted by Gasteiger charge is 2.34. The smallest absolute Gasteiger partial charge is 0.308 e. The Labute approximate surface area is 183 Å². The van der Waals surface area contributed by atoms with Gasteiger partial charge in [-0.2, -0.15) is 0 Å². The van der Waals surface area contributed by atoms with E-state index in [2.05, 4.69) is 12.2 Å². The van der Waals surface area contributed by atoms with E-state index in [4.69, 9.17) is 4.74 Å². The van der Waals surface area contributed by atoms with Crippen LogP contribution in [0.3, 0.4) is 0 Å². The van der Waals surface area contributed by atoms with E-state index in [9.17, 15) is 14.4 Å². The molecule has 1 atom stereocenters. The van der Waals surface area contributed by atoms with Gasteiger partial charge >= 0.3 is 5.97 Å². The molecule has 174 valence electrons. The van der Waals surface area contributed by atoms with Crippen molar-refractivity contribution < 1.29 is 19.1 Å². The van der Waals surface area contributed by atoms with Gasteiger partial charge in [-0.3, -0.25) is 14.4 Å². The quantitative estimate of drug-likeness (QED) is 0.270. The van der Waals surface area contributed by atoms with Crippen molar-refractivity contribution in [3.63, 3.8) is 0 Å². The standard InChI is InChI=1S/C24H44N2O4/c1-3-5-7-8-9-10-11-12-13-14-15-16-22(27)26-18-17-25-24(29)21(26)20-23(28)30-19-6-4-2/h21H,3-20H2,1-2H3,(H,25,29). The molecule has 1 unspecified atom stereocenters. The van der Waals surface area contributed by atoms with Crippen molar-refractivity contribution in [1.29, 1.82) is 0 Å². The number of carbonyl (C=O) groups excluding carboxylic acids is 3. The van der Waals surface area contributed by atoms with Gasteiger partial charge in [-0.05, 0) is 12.8 Å². The van der Waals surface area contributed by atoms with Gasteiger partial charge in [0.05, 0.1) is 13.0 Å². The van der Waals surface area contributed by atoms with Gasteiger partial charge in [0.25, 0.3) is 0 Å². The first-order valence-corrected chi connectivity index (χ1v) is 12.3. The Bertz CT molecular complexity index is 496. The number of amides is 2. The average molecular weight is 425 g/mol. The predicted molar refractivity (Wildman–Crippen MR) is 120 cm³/mol. The maximum Gasteiger partial charge on any atom is 0.308 e. The van der Waals surface area contributed by atoms with Gasteiger partial charge in [0.15, 0.2) is 0 Å². The normalized spacial score (nSPS) is 16.4. The lowest BCUT2D eigenvalue weighted by Gasteiger charge is -2.34. The first kappa shape index (κ1) is 26.4. The van der Waals surface area contributed by atoms with Crippen LogP contribution in [0.15, 0.2) is 0 Å². The van der Waals surface area contributed by atoms with Crippen LogP contribution >= 0.6 is 0 Å². The van der Waals surface area contributed by atoms with Gasteiger partial charge in [-0.1, -0.05) is 84.5 Å². The van der Waals surface area contributed by atoms with Gasteiger partial charge in [0.1, 0.15) is 6.04 Å². The van der Waals surface area contributed by atoms with Crippen LogP contribution in [-0.4, -0.2) is 48.4 Å². The highest BCUT2D eigenvalue weighted by Crippen LogP contribution is 2.15. The molecule has 6 heteroatoms. The minimum absolute atomic E-state index is 0.0212. The Morgan fingerprint density at radius 3 is 2.07 bits per heavy atom. The summed E-state index contributed by atoms with van der Waals surface area (Å²) in [5.74, 6) is -0.675. The predicted octanol–water partition coefficient (Wildman–Crippen LogP) is 4.75. The van der Waals surface area contributed by atoms with E-state index >= 15 is 0 Å². The van der Waals surface area contributed by atoms with E-state index in [0.717, 1.165) is 32.1 Å². The number of piperazine rings is 1. The highest BCUT2D eigenvalue weighted by molar-refractivity contribution is 5.91. The van der Waals surface area contributed by atoms with Crippen molar-refractivity contribution in [2.75, 3.05) is 19.7 Å². The summed E-state index contributed by atoms with van der Waals surface area (Å²) in [6, 6.07) is -0.729. The van der Waals surface area contributed by atoms with Crippen LogP contribution in [0.5, 0.6) is 0 Å². The Morgan fingerprint density at radius 2 is 1.47 bits per heavy atom. The number of nitrogens with zero attached hydrogens (tertiary/aromatic N) is 1. The number of hydrogen-bond donors (Lipinski definition) is 1. The molecule has 1 aliphatic rings. The maximum absolute atomic E-state index is 12.7. The SMILES string of the molecule is CCCCCCCCCCCCCC(=O)N1CCNC(=O)C1CC(=O)OCCCC. The van der Waals surface area contributed by atoms with E-state index in [1.165, 1.54) is 51.4 Å². The molecule has 0 aromatic heterocycles. The molecule has 1 fully saturated rings. The fourth-order valence-corrected chi connectivity index (χ4v) is 3.85. The number of ether oxygens (including phenoxy) is 1.